The molecular formula is C12H14ClFO. The van der Waals surface area contributed by atoms with Crippen molar-refractivity contribution in [3.8, 4) is 0 Å². The Morgan fingerprint density at radius 1 is 1.47 bits per heavy atom. The first-order chi connectivity index (χ1) is 7.00. The quantitative estimate of drug-likeness (QED) is 0.769. The van der Waals surface area contributed by atoms with Crippen molar-refractivity contribution in [1.82, 2.24) is 0 Å². The molecule has 0 spiro atoms. The van der Waals surface area contributed by atoms with E-state index >= 15 is 0 Å². The Morgan fingerprint density at radius 3 is 2.73 bits per heavy atom. The zero-order valence-electron chi connectivity index (χ0n) is 8.89. The molecule has 1 aromatic carbocycles. The Kier molecular flexibility index (Phi) is 4.28. The third-order valence-electron chi connectivity index (χ3n) is 2.29. The van der Waals surface area contributed by atoms with E-state index in [2.05, 4.69) is 0 Å². The molecule has 1 aromatic rings. The molecule has 1 rings (SSSR count). The van der Waals surface area contributed by atoms with Crippen molar-refractivity contribution in [2.24, 2.45) is 5.92 Å². The lowest BCUT2D eigenvalue weighted by molar-refractivity contribution is -0.121. The summed E-state index contributed by atoms with van der Waals surface area (Å²) in [6.07, 6.45) is 0.790. The molecule has 0 aliphatic carbocycles. The van der Waals surface area contributed by atoms with Crippen LogP contribution in [0.2, 0.25) is 5.02 Å². The van der Waals surface area contributed by atoms with E-state index in [0.29, 0.717) is 23.4 Å². The van der Waals surface area contributed by atoms with E-state index in [9.17, 15) is 9.18 Å². The maximum atomic E-state index is 13.3. The summed E-state index contributed by atoms with van der Waals surface area (Å²) in [6, 6.07) is 4.41. The lowest BCUT2D eigenvalue weighted by atomic mass is 10.0. The number of carbonyl (C=O) groups excluding carboxylic acids is 1. The second kappa shape index (κ2) is 5.26. The van der Waals surface area contributed by atoms with Gasteiger partial charge in [0.25, 0.3) is 0 Å². The summed E-state index contributed by atoms with van der Waals surface area (Å²) in [4.78, 5) is 11.4. The van der Waals surface area contributed by atoms with Crippen molar-refractivity contribution in [3.05, 3.63) is 34.6 Å². The zero-order chi connectivity index (χ0) is 11.4. The van der Waals surface area contributed by atoms with Gasteiger partial charge in [0, 0.05) is 17.4 Å². The standard InChI is InChI=1S/C12H14ClFO/c1-8(2)12(15)6-3-9-7-10(13)4-5-11(9)14/h4-5,7-8H,3,6H2,1-2H3. The minimum atomic E-state index is -0.295. The van der Waals surface area contributed by atoms with Gasteiger partial charge in [0.1, 0.15) is 11.6 Å². The van der Waals surface area contributed by atoms with E-state index < -0.39 is 0 Å². The maximum absolute atomic E-state index is 13.3. The first kappa shape index (κ1) is 12.2. The average Bonchev–Trinajstić information content (AvgIpc) is 2.18. The van der Waals surface area contributed by atoms with Gasteiger partial charge in [-0.3, -0.25) is 4.79 Å². The van der Waals surface area contributed by atoms with E-state index in [-0.39, 0.29) is 17.5 Å². The molecule has 0 fully saturated rings. The summed E-state index contributed by atoms with van der Waals surface area (Å²) in [5.41, 5.74) is 0.511. The minimum absolute atomic E-state index is 0.00671. The molecular weight excluding hydrogens is 215 g/mol. The largest absolute Gasteiger partial charge is 0.299 e. The highest BCUT2D eigenvalue weighted by Gasteiger charge is 2.09. The van der Waals surface area contributed by atoms with Crippen LogP contribution < -0.4 is 0 Å². The predicted octanol–water partition coefficient (Wildman–Crippen LogP) is 3.64. The fourth-order valence-corrected chi connectivity index (χ4v) is 1.48. The number of hydrogen-bond donors (Lipinski definition) is 0. The van der Waals surface area contributed by atoms with E-state index in [1.54, 1.807) is 6.07 Å². The molecule has 0 N–H and O–H groups in total. The SMILES string of the molecule is CC(C)C(=O)CCc1cc(Cl)ccc1F. The molecule has 0 bridgehead atoms. The van der Waals surface area contributed by atoms with E-state index in [1.165, 1.54) is 12.1 Å². The molecule has 0 atom stereocenters. The van der Waals surface area contributed by atoms with Crippen LogP contribution in [0.3, 0.4) is 0 Å². The van der Waals surface area contributed by atoms with Crippen LogP contribution >= 0.6 is 11.6 Å². The lowest BCUT2D eigenvalue weighted by Gasteiger charge is -2.05. The van der Waals surface area contributed by atoms with Gasteiger partial charge < -0.3 is 0 Å². The number of halogens is 2. The Morgan fingerprint density at radius 2 is 2.13 bits per heavy atom. The van der Waals surface area contributed by atoms with E-state index in [1.807, 2.05) is 13.8 Å². The Hall–Kier alpha value is -0.890. The van der Waals surface area contributed by atoms with Crippen LogP contribution in [0.25, 0.3) is 0 Å². The molecule has 0 saturated heterocycles. The highest BCUT2D eigenvalue weighted by molar-refractivity contribution is 6.30. The summed E-state index contributed by atoms with van der Waals surface area (Å²) in [5, 5.41) is 0.503. The molecule has 3 heteroatoms. The highest BCUT2D eigenvalue weighted by Crippen LogP contribution is 2.17. The van der Waals surface area contributed by atoms with Crippen LogP contribution in [0.5, 0.6) is 0 Å². The minimum Gasteiger partial charge on any atom is -0.299 e. The molecule has 0 radical (unpaired) electrons. The van der Waals surface area contributed by atoms with Crippen molar-refractivity contribution in [2.45, 2.75) is 26.7 Å². The molecule has 0 aromatic heterocycles. The van der Waals surface area contributed by atoms with Crippen LogP contribution in [-0.4, -0.2) is 5.78 Å². The monoisotopic (exact) mass is 228 g/mol. The van der Waals surface area contributed by atoms with Gasteiger partial charge in [-0.1, -0.05) is 25.4 Å². The Bertz CT molecular complexity index is 361. The van der Waals surface area contributed by atoms with Gasteiger partial charge in [-0.25, -0.2) is 4.39 Å². The van der Waals surface area contributed by atoms with Gasteiger partial charge in [0.15, 0.2) is 0 Å². The molecule has 1 nitrogen and oxygen atoms in total. The van der Waals surface area contributed by atoms with Crippen LogP contribution in [0, 0.1) is 11.7 Å². The smallest absolute Gasteiger partial charge is 0.135 e. The van der Waals surface area contributed by atoms with Gasteiger partial charge >= 0.3 is 0 Å². The van der Waals surface area contributed by atoms with Crippen molar-refractivity contribution >= 4 is 17.4 Å². The fraction of sp³-hybridized carbons (Fsp3) is 0.417. The first-order valence-corrected chi connectivity index (χ1v) is 5.35. The summed E-state index contributed by atoms with van der Waals surface area (Å²) in [5.74, 6) is -0.141. The summed E-state index contributed by atoms with van der Waals surface area (Å²) in [6.45, 7) is 3.69. The Balaban J connectivity index is 2.65. The van der Waals surface area contributed by atoms with Gasteiger partial charge in [0.05, 0.1) is 0 Å². The van der Waals surface area contributed by atoms with Crippen molar-refractivity contribution < 1.29 is 9.18 Å². The molecule has 0 unspecified atom stereocenters. The topological polar surface area (TPSA) is 17.1 Å². The van der Waals surface area contributed by atoms with Gasteiger partial charge in [-0.2, -0.15) is 0 Å². The number of rotatable bonds is 4. The number of hydrogen-bond acceptors (Lipinski definition) is 1. The summed E-state index contributed by atoms with van der Waals surface area (Å²) >= 11 is 5.74. The summed E-state index contributed by atoms with van der Waals surface area (Å²) < 4.78 is 13.3. The number of aryl methyl sites for hydroxylation is 1. The molecule has 0 heterocycles. The lowest BCUT2D eigenvalue weighted by Crippen LogP contribution is -2.08. The number of benzene rings is 1. The molecule has 0 aliphatic rings. The third-order valence-corrected chi connectivity index (χ3v) is 2.53. The van der Waals surface area contributed by atoms with E-state index in [4.69, 9.17) is 11.6 Å². The predicted molar refractivity (Wildman–Crippen MR) is 59.6 cm³/mol. The van der Waals surface area contributed by atoms with Crippen LogP contribution in [-0.2, 0) is 11.2 Å². The van der Waals surface area contributed by atoms with Crippen LogP contribution in [0.1, 0.15) is 25.8 Å². The van der Waals surface area contributed by atoms with Crippen molar-refractivity contribution in [3.63, 3.8) is 0 Å². The second-order valence-corrected chi connectivity index (χ2v) is 4.29. The van der Waals surface area contributed by atoms with Crippen molar-refractivity contribution in [1.29, 1.82) is 0 Å². The van der Waals surface area contributed by atoms with Crippen LogP contribution in [0.4, 0.5) is 4.39 Å². The molecule has 0 amide bonds. The number of ketones is 1. The van der Waals surface area contributed by atoms with Gasteiger partial charge in [-0.05, 0) is 30.2 Å². The molecule has 0 saturated carbocycles. The molecule has 82 valence electrons. The Labute approximate surface area is 94.3 Å². The molecule has 15 heavy (non-hydrogen) atoms. The number of Topliss-reactive ketones (excluding diaryl/α,β-unsaturated/α-hetero) is 1. The highest BCUT2D eigenvalue weighted by atomic mass is 35.5. The van der Waals surface area contributed by atoms with Crippen molar-refractivity contribution in [2.75, 3.05) is 0 Å². The normalized spacial score (nSPS) is 10.7. The van der Waals surface area contributed by atoms with Crippen LogP contribution in [0.15, 0.2) is 18.2 Å². The van der Waals surface area contributed by atoms with E-state index in [0.717, 1.165) is 0 Å². The average molecular weight is 229 g/mol. The summed E-state index contributed by atoms with van der Waals surface area (Å²) in [7, 11) is 0. The van der Waals surface area contributed by atoms with Gasteiger partial charge in [-0.15, -0.1) is 0 Å². The fourth-order valence-electron chi connectivity index (χ4n) is 1.28. The maximum Gasteiger partial charge on any atom is 0.135 e. The second-order valence-electron chi connectivity index (χ2n) is 3.86. The van der Waals surface area contributed by atoms with Gasteiger partial charge in [0.2, 0.25) is 0 Å². The molecule has 0 aliphatic heterocycles. The zero-order valence-corrected chi connectivity index (χ0v) is 9.64. The first-order valence-electron chi connectivity index (χ1n) is 4.97. The number of carbonyl (C=O) groups is 1. The third kappa shape index (κ3) is 3.63.